The van der Waals surface area contributed by atoms with Gasteiger partial charge in [0.15, 0.2) is 0 Å². The van der Waals surface area contributed by atoms with E-state index in [1.165, 1.54) is 30.4 Å². The van der Waals surface area contributed by atoms with Crippen LogP contribution in [0, 0.1) is 0 Å². The Balaban J connectivity index is 0.000000581. The summed E-state index contributed by atoms with van der Waals surface area (Å²) in [5.41, 5.74) is 8.80. The molecule has 0 aromatic heterocycles. The maximum Gasteiger partial charge on any atom is 0.326 e. The Bertz CT molecular complexity index is 619. The normalized spacial score (nSPS) is 14.5. The maximum absolute atomic E-state index is 10.1. The van der Waals surface area contributed by atoms with Crippen LogP contribution in [0.4, 0.5) is 0 Å². The second kappa shape index (κ2) is 20.0. The molecule has 1 aliphatic rings. The lowest BCUT2D eigenvalue weighted by Crippen LogP contribution is -2.40. The molecule has 0 unspecified atom stereocenters. The van der Waals surface area contributed by atoms with Crippen LogP contribution >= 0.6 is 12.6 Å². The van der Waals surface area contributed by atoms with E-state index in [-0.39, 0.29) is 19.1 Å². The van der Waals surface area contributed by atoms with Crippen molar-refractivity contribution in [2.24, 2.45) is 5.73 Å². The van der Waals surface area contributed by atoms with Crippen LogP contribution in [0.1, 0.15) is 44.2 Å². The third kappa shape index (κ3) is 14.4. The lowest BCUT2D eigenvalue weighted by atomic mass is 10.00. The lowest BCUT2D eigenvalue weighted by Gasteiger charge is -2.28. The van der Waals surface area contributed by atoms with Crippen LogP contribution in [0.25, 0.3) is 0 Å². The lowest BCUT2D eigenvalue weighted by molar-refractivity contribution is -0.141. The Morgan fingerprint density at radius 3 is 2.47 bits per heavy atom. The van der Waals surface area contributed by atoms with Gasteiger partial charge in [-0.3, -0.25) is 9.69 Å². The van der Waals surface area contributed by atoms with E-state index in [4.69, 9.17) is 15.9 Å². The molecular weight excluding hydrogens is 428 g/mol. The number of nitrogens with two attached hydrogens (primary N) is 1. The van der Waals surface area contributed by atoms with Crippen LogP contribution in [0.2, 0.25) is 0 Å². The van der Waals surface area contributed by atoms with E-state index in [1.807, 2.05) is 5.32 Å². The number of carboxylic acid groups (broad SMARTS) is 1. The van der Waals surface area contributed by atoms with Crippen molar-refractivity contribution in [2.75, 3.05) is 38.5 Å². The molecule has 2 atom stereocenters. The number of hydrogen-bond acceptors (Lipinski definition) is 7. The van der Waals surface area contributed by atoms with Gasteiger partial charge < -0.3 is 26.6 Å². The van der Waals surface area contributed by atoms with E-state index < -0.39 is 12.0 Å². The molecule has 0 saturated carbocycles. The van der Waals surface area contributed by atoms with Crippen LogP contribution in [0.5, 0.6) is 0 Å². The topological polar surface area (TPSA) is 128 Å². The Labute approximate surface area is 198 Å². The van der Waals surface area contributed by atoms with Gasteiger partial charge in [-0.1, -0.05) is 51.0 Å². The second-order valence-corrected chi connectivity index (χ2v) is 7.99. The number of nitrogens with one attached hydrogen (secondary N) is 2. The van der Waals surface area contributed by atoms with Crippen LogP contribution in [-0.2, 0) is 22.6 Å². The Morgan fingerprint density at radius 2 is 1.94 bits per heavy atom. The number of hydrogen-bond donors (Lipinski definition) is 6. The number of unbranched alkanes of at least 4 members (excludes halogenated alkanes) is 1. The van der Waals surface area contributed by atoms with Crippen LogP contribution in [-0.4, -0.2) is 78.1 Å². The molecule has 1 aromatic carbocycles. The third-order valence-electron chi connectivity index (χ3n) is 4.94. The predicted molar refractivity (Wildman–Crippen MR) is 133 cm³/mol. The van der Waals surface area contributed by atoms with Gasteiger partial charge in [-0.15, -0.1) is 0 Å². The zero-order chi connectivity index (χ0) is 24.2. The fourth-order valence-electron chi connectivity index (χ4n) is 2.82. The molecule has 0 aliphatic carbocycles. The van der Waals surface area contributed by atoms with Crippen molar-refractivity contribution >= 4 is 25.0 Å². The molecule has 1 amide bonds. The molecule has 0 bridgehead atoms. The molecule has 8 nitrogen and oxygen atoms in total. The van der Waals surface area contributed by atoms with Gasteiger partial charge in [-0.25, -0.2) is 4.79 Å². The first-order valence-corrected chi connectivity index (χ1v) is 12.0. The summed E-state index contributed by atoms with van der Waals surface area (Å²) >= 11 is 4.18. The number of aliphatic hydroxyl groups is 1. The summed E-state index contributed by atoms with van der Waals surface area (Å²) < 4.78 is 0. The minimum Gasteiger partial charge on any atom is -0.480 e. The van der Waals surface area contributed by atoms with E-state index in [2.05, 4.69) is 61.0 Å². The fraction of sp³-hybridized carbons (Fsp3) is 0.652. The molecule has 0 radical (unpaired) electrons. The van der Waals surface area contributed by atoms with Gasteiger partial charge in [0.2, 0.25) is 6.41 Å². The van der Waals surface area contributed by atoms with Crippen molar-refractivity contribution in [3.05, 3.63) is 35.4 Å². The van der Waals surface area contributed by atoms with Gasteiger partial charge >= 0.3 is 5.97 Å². The highest BCUT2D eigenvalue weighted by atomic mass is 32.1. The molecular formula is C23H42N4O4S. The van der Waals surface area contributed by atoms with Crippen molar-refractivity contribution in [3.8, 4) is 0 Å². The monoisotopic (exact) mass is 470 g/mol. The minimum absolute atomic E-state index is 0.0358. The zero-order valence-electron chi connectivity index (χ0n) is 19.5. The Hall–Kier alpha value is -1.65. The highest BCUT2D eigenvalue weighted by Crippen LogP contribution is 2.17. The maximum atomic E-state index is 10.1. The SMILES string of the molecule is CCCC.N[C@@H](CS)CNCCN1CCc2ccccc2C1.O=CN[C@@H](CCO)C(=O)O. The minimum atomic E-state index is -1.14. The van der Waals surface area contributed by atoms with Crippen LogP contribution in [0.15, 0.2) is 24.3 Å². The molecule has 0 spiro atoms. The number of aliphatic carboxylic acids is 1. The first-order valence-electron chi connectivity index (χ1n) is 11.3. The number of thiol groups is 1. The standard InChI is InChI=1S/C14H23N3S.C5H9NO4.C4H10/c15-14(11-18)9-16-6-8-17-7-5-12-3-1-2-4-13(12)10-17;7-2-1-4(5(9)10)6-3-8;1-3-4-2/h1-4,14,16,18H,5-11,15H2;3-4,7H,1-2H2,(H,6,8)(H,9,10);3-4H2,1-2H3/t14-;4-;/m10./s1. The van der Waals surface area contributed by atoms with E-state index in [9.17, 15) is 9.59 Å². The molecule has 9 heteroatoms. The number of fused-ring (bicyclic) bond motifs is 1. The average Bonchev–Trinajstić information content (AvgIpc) is 2.82. The molecule has 1 aromatic rings. The summed E-state index contributed by atoms with van der Waals surface area (Å²) in [4.78, 5) is 22.4. The number of rotatable bonds is 12. The van der Waals surface area contributed by atoms with Gasteiger partial charge in [0.1, 0.15) is 6.04 Å². The smallest absolute Gasteiger partial charge is 0.326 e. The summed E-state index contributed by atoms with van der Waals surface area (Å²) in [7, 11) is 0. The third-order valence-corrected chi connectivity index (χ3v) is 5.41. The molecule has 32 heavy (non-hydrogen) atoms. The van der Waals surface area contributed by atoms with Gasteiger partial charge in [-0.05, 0) is 17.5 Å². The highest BCUT2D eigenvalue weighted by molar-refractivity contribution is 7.80. The molecule has 0 saturated heterocycles. The number of aliphatic hydroxyl groups excluding tert-OH is 1. The highest BCUT2D eigenvalue weighted by Gasteiger charge is 2.15. The van der Waals surface area contributed by atoms with Crippen LogP contribution < -0.4 is 16.4 Å². The van der Waals surface area contributed by atoms with Gasteiger partial charge in [0, 0.05) is 57.5 Å². The largest absolute Gasteiger partial charge is 0.480 e. The van der Waals surface area contributed by atoms with Crippen molar-refractivity contribution in [2.45, 2.75) is 58.2 Å². The summed E-state index contributed by atoms with van der Waals surface area (Å²) in [5, 5.41) is 22.0. The predicted octanol–water partition coefficient (Wildman–Crippen LogP) is 1.27. The summed E-state index contributed by atoms with van der Waals surface area (Å²) in [6.07, 6.45) is 4.15. The Morgan fingerprint density at radius 1 is 1.28 bits per heavy atom. The number of carboxylic acids is 1. The molecule has 184 valence electrons. The second-order valence-electron chi connectivity index (χ2n) is 7.63. The fourth-order valence-corrected chi connectivity index (χ4v) is 2.95. The van der Waals surface area contributed by atoms with Gasteiger partial charge in [0.05, 0.1) is 0 Å². The van der Waals surface area contributed by atoms with Crippen LogP contribution in [0.3, 0.4) is 0 Å². The van der Waals surface area contributed by atoms with Crippen molar-refractivity contribution in [3.63, 3.8) is 0 Å². The summed E-state index contributed by atoms with van der Waals surface area (Å²) in [6.45, 7) is 9.30. The molecule has 1 heterocycles. The van der Waals surface area contributed by atoms with E-state index in [0.29, 0.717) is 6.41 Å². The first kappa shape index (κ1) is 30.4. The summed E-state index contributed by atoms with van der Waals surface area (Å²) in [6, 6.07) is 7.95. The number of amides is 1. The molecule has 0 fully saturated rings. The van der Waals surface area contributed by atoms with Gasteiger partial charge in [0.25, 0.3) is 0 Å². The first-order chi connectivity index (χ1) is 15.4. The molecule has 2 rings (SSSR count). The summed E-state index contributed by atoms with van der Waals surface area (Å²) in [5.74, 6) is -0.398. The quantitative estimate of drug-likeness (QED) is 0.154. The van der Waals surface area contributed by atoms with Gasteiger partial charge in [-0.2, -0.15) is 12.6 Å². The van der Waals surface area contributed by atoms with E-state index >= 15 is 0 Å². The Kier molecular flexibility index (Phi) is 19.0. The number of benzene rings is 1. The van der Waals surface area contributed by atoms with Crippen molar-refractivity contribution in [1.82, 2.24) is 15.5 Å². The number of carbonyl (C=O) groups is 2. The molecule has 1 aliphatic heterocycles. The van der Waals surface area contributed by atoms with Crippen molar-refractivity contribution in [1.29, 1.82) is 0 Å². The number of nitrogens with zero attached hydrogens (tertiary/aromatic N) is 1. The average molecular weight is 471 g/mol. The van der Waals surface area contributed by atoms with E-state index in [0.717, 1.165) is 38.5 Å². The molecule has 6 N–H and O–H groups in total. The zero-order valence-corrected chi connectivity index (χ0v) is 20.4. The van der Waals surface area contributed by atoms with E-state index in [1.54, 1.807) is 0 Å². The number of carbonyl (C=O) groups excluding carboxylic acids is 1. The van der Waals surface area contributed by atoms with Crippen molar-refractivity contribution < 1.29 is 19.8 Å².